The highest BCUT2D eigenvalue weighted by molar-refractivity contribution is 7.89. The van der Waals surface area contributed by atoms with E-state index in [0.29, 0.717) is 34.2 Å². The maximum atomic E-state index is 12.8. The number of thiazole rings is 1. The van der Waals surface area contributed by atoms with Gasteiger partial charge in [-0.15, -0.1) is 11.3 Å². The molecule has 1 aromatic carbocycles. The van der Waals surface area contributed by atoms with Gasteiger partial charge in [-0.2, -0.15) is 0 Å². The SMILES string of the molecule is Cc1nc(-c2cc(S(=O)(=O)NCCc3ccccc3)cn2C)sc1C(=O)N1CCCC1. The van der Waals surface area contributed by atoms with E-state index in [1.165, 1.54) is 11.3 Å². The molecule has 0 aliphatic carbocycles. The number of hydrogen-bond donors (Lipinski definition) is 1. The number of benzene rings is 1. The van der Waals surface area contributed by atoms with Crippen molar-refractivity contribution in [2.45, 2.75) is 31.1 Å². The summed E-state index contributed by atoms with van der Waals surface area (Å²) in [5.74, 6) is 0.0170. The molecule has 4 rings (SSSR count). The minimum absolute atomic E-state index is 0.0170. The quantitative estimate of drug-likeness (QED) is 0.589. The maximum absolute atomic E-state index is 12.8. The molecule has 1 aliphatic heterocycles. The fraction of sp³-hybridized carbons (Fsp3) is 0.364. The highest BCUT2D eigenvalue weighted by Gasteiger charge is 2.26. The predicted molar refractivity (Wildman–Crippen MR) is 122 cm³/mol. The number of likely N-dealkylation sites (tertiary alicyclic amines) is 1. The van der Waals surface area contributed by atoms with Crippen molar-refractivity contribution in [2.75, 3.05) is 19.6 Å². The van der Waals surface area contributed by atoms with Crippen molar-refractivity contribution < 1.29 is 13.2 Å². The Balaban J connectivity index is 1.50. The second kappa shape index (κ2) is 8.94. The lowest BCUT2D eigenvalue weighted by Gasteiger charge is -2.13. The number of rotatable bonds is 7. The van der Waals surface area contributed by atoms with Crippen LogP contribution in [0.25, 0.3) is 10.7 Å². The van der Waals surface area contributed by atoms with E-state index in [1.807, 2.05) is 42.2 Å². The van der Waals surface area contributed by atoms with Crippen LogP contribution in [0.4, 0.5) is 0 Å². The van der Waals surface area contributed by atoms with Gasteiger partial charge in [0.05, 0.1) is 11.4 Å². The molecule has 7 nitrogen and oxygen atoms in total. The molecule has 1 N–H and O–H groups in total. The van der Waals surface area contributed by atoms with Crippen molar-refractivity contribution in [2.24, 2.45) is 7.05 Å². The van der Waals surface area contributed by atoms with Gasteiger partial charge in [-0.3, -0.25) is 4.79 Å². The lowest BCUT2D eigenvalue weighted by atomic mass is 10.2. The number of hydrogen-bond acceptors (Lipinski definition) is 5. The van der Waals surface area contributed by atoms with Gasteiger partial charge >= 0.3 is 0 Å². The van der Waals surface area contributed by atoms with E-state index in [4.69, 9.17) is 0 Å². The molecule has 0 saturated carbocycles. The highest BCUT2D eigenvalue weighted by Crippen LogP contribution is 2.31. The summed E-state index contributed by atoms with van der Waals surface area (Å²) in [7, 11) is -1.85. The Labute approximate surface area is 186 Å². The molecule has 31 heavy (non-hydrogen) atoms. The monoisotopic (exact) mass is 458 g/mol. The first-order chi connectivity index (χ1) is 14.8. The zero-order valence-corrected chi connectivity index (χ0v) is 19.3. The largest absolute Gasteiger partial charge is 0.347 e. The van der Waals surface area contributed by atoms with Crippen LogP contribution in [-0.2, 0) is 23.5 Å². The summed E-state index contributed by atoms with van der Waals surface area (Å²) < 4.78 is 30.0. The van der Waals surface area contributed by atoms with Gasteiger partial charge in [-0.1, -0.05) is 30.3 Å². The van der Waals surface area contributed by atoms with Gasteiger partial charge in [-0.25, -0.2) is 18.1 Å². The fourth-order valence-corrected chi connectivity index (χ4v) is 5.91. The fourth-order valence-electron chi connectivity index (χ4n) is 3.72. The summed E-state index contributed by atoms with van der Waals surface area (Å²) in [6.45, 7) is 3.72. The molecule has 3 heterocycles. The second-order valence-electron chi connectivity index (χ2n) is 7.74. The summed E-state index contributed by atoms with van der Waals surface area (Å²) >= 11 is 1.32. The number of amides is 1. The number of carbonyl (C=O) groups is 1. The lowest BCUT2D eigenvalue weighted by Crippen LogP contribution is -2.27. The van der Waals surface area contributed by atoms with Crippen molar-refractivity contribution in [3.05, 3.63) is 58.7 Å². The highest BCUT2D eigenvalue weighted by atomic mass is 32.2. The Bertz CT molecular complexity index is 1180. The van der Waals surface area contributed by atoms with Crippen molar-refractivity contribution in [1.29, 1.82) is 0 Å². The summed E-state index contributed by atoms with van der Waals surface area (Å²) in [4.78, 5) is 20.0. The molecule has 9 heteroatoms. The van der Waals surface area contributed by atoms with Crippen LogP contribution in [0.5, 0.6) is 0 Å². The van der Waals surface area contributed by atoms with Crippen molar-refractivity contribution in [3.63, 3.8) is 0 Å². The van der Waals surface area contributed by atoms with Crippen LogP contribution >= 0.6 is 11.3 Å². The number of sulfonamides is 1. The van der Waals surface area contributed by atoms with E-state index >= 15 is 0 Å². The van der Waals surface area contributed by atoms with E-state index < -0.39 is 10.0 Å². The van der Waals surface area contributed by atoms with Gasteiger partial charge in [-0.05, 0) is 37.8 Å². The van der Waals surface area contributed by atoms with Gasteiger partial charge in [0, 0.05) is 32.9 Å². The third kappa shape index (κ3) is 4.73. The van der Waals surface area contributed by atoms with Gasteiger partial charge in [0.25, 0.3) is 5.91 Å². The summed E-state index contributed by atoms with van der Waals surface area (Å²) in [5, 5.41) is 0.647. The third-order valence-electron chi connectivity index (χ3n) is 5.44. The summed E-state index contributed by atoms with van der Waals surface area (Å²) in [6, 6.07) is 11.4. The molecule has 0 spiro atoms. The Morgan fingerprint density at radius 1 is 1.19 bits per heavy atom. The molecule has 0 unspecified atom stereocenters. The number of aryl methyl sites for hydroxylation is 2. The minimum atomic E-state index is -3.64. The molecule has 1 fully saturated rings. The molecule has 1 amide bonds. The zero-order chi connectivity index (χ0) is 22.0. The van der Waals surface area contributed by atoms with Crippen LogP contribution in [0.3, 0.4) is 0 Å². The predicted octanol–water partition coefficient (Wildman–Crippen LogP) is 3.21. The molecular weight excluding hydrogens is 432 g/mol. The normalized spacial score (nSPS) is 14.3. The Hall–Kier alpha value is -2.49. The first-order valence-corrected chi connectivity index (χ1v) is 12.6. The molecule has 3 aromatic rings. The molecule has 164 valence electrons. The van der Waals surface area contributed by atoms with Crippen LogP contribution < -0.4 is 4.72 Å². The van der Waals surface area contributed by atoms with Crippen LogP contribution in [-0.4, -0.2) is 48.4 Å². The second-order valence-corrected chi connectivity index (χ2v) is 10.5. The number of nitrogens with one attached hydrogen (secondary N) is 1. The van der Waals surface area contributed by atoms with Crippen LogP contribution in [0.1, 0.15) is 33.8 Å². The van der Waals surface area contributed by atoms with Gasteiger partial charge < -0.3 is 9.47 Å². The lowest BCUT2D eigenvalue weighted by molar-refractivity contribution is 0.0796. The van der Waals surface area contributed by atoms with E-state index in [9.17, 15) is 13.2 Å². The number of carbonyl (C=O) groups excluding carboxylic acids is 1. The van der Waals surface area contributed by atoms with E-state index in [0.717, 1.165) is 31.5 Å². The molecule has 0 atom stereocenters. The third-order valence-corrected chi connectivity index (χ3v) is 8.04. The molecule has 0 radical (unpaired) electrons. The maximum Gasteiger partial charge on any atom is 0.265 e. The standard InChI is InChI=1S/C22H26N4O3S2/c1-16-20(22(27)26-12-6-7-13-26)30-21(24-16)19-14-18(15-25(19)2)31(28,29)23-11-10-17-8-4-3-5-9-17/h3-5,8-9,14-15,23H,6-7,10-13H2,1-2H3. The summed E-state index contributed by atoms with van der Waals surface area (Å²) in [5.41, 5.74) is 2.44. The molecule has 0 bridgehead atoms. The molecule has 1 aliphatic rings. The molecular formula is C22H26N4O3S2. The van der Waals surface area contributed by atoms with Crippen molar-refractivity contribution in [3.8, 4) is 10.7 Å². The van der Waals surface area contributed by atoms with Gasteiger partial charge in [0.15, 0.2) is 0 Å². The zero-order valence-electron chi connectivity index (χ0n) is 17.7. The van der Waals surface area contributed by atoms with E-state index in [2.05, 4.69) is 9.71 Å². The molecule has 1 saturated heterocycles. The topological polar surface area (TPSA) is 84.3 Å². The van der Waals surface area contributed by atoms with Crippen molar-refractivity contribution >= 4 is 27.3 Å². The Morgan fingerprint density at radius 2 is 1.90 bits per heavy atom. The summed E-state index contributed by atoms with van der Waals surface area (Å²) in [6.07, 6.45) is 4.27. The van der Waals surface area contributed by atoms with Gasteiger partial charge in [0.1, 0.15) is 14.8 Å². The first kappa shape index (κ1) is 21.7. The van der Waals surface area contributed by atoms with Crippen LogP contribution in [0.15, 0.2) is 47.5 Å². The van der Waals surface area contributed by atoms with E-state index in [-0.39, 0.29) is 10.8 Å². The van der Waals surface area contributed by atoms with Crippen LogP contribution in [0, 0.1) is 6.92 Å². The number of nitrogens with zero attached hydrogens (tertiary/aromatic N) is 3. The average Bonchev–Trinajstić information content (AvgIpc) is 3.48. The minimum Gasteiger partial charge on any atom is -0.347 e. The van der Waals surface area contributed by atoms with Crippen LogP contribution in [0.2, 0.25) is 0 Å². The molecule has 2 aromatic heterocycles. The average molecular weight is 459 g/mol. The van der Waals surface area contributed by atoms with Crippen molar-refractivity contribution in [1.82, 2.24) is 19.2 Å². The number of aromatic nitrogens is 2. The van der Waals surface area contributed by atoms with Gasteiger partial charge in [0.2, 0.25) is 10.0 Å². The Kier molecular flexibility index (Phi) is 6.27. The smallest absolute Gasteiger partial charge is 0.265 e. The van der Waals surface area contributed by atoms with E-state index in [1.54, 1.807) is 23.9 Å². The first-order valence-electron chi connectivity index (χ1n) is 10.3. The Morgan fingerprint density at radius 3 is 2.61 bits per heavy atom.